The Kier molecular flexibility index (Phi) is 4.89. The van der Waals surface area contributed by atoms with Gasteiger partial charge in [-0.2, -0.15) is 5.26 Å². The molecule has 2 rings (SSSR count). The van der Waals surface area contributed by atoms with E-state index in [2.05, 4.69) is 15.9 Å². The van der Waals surface area contributed by atoms with Crippen LogP contribution in [0.3, 0.4) is 0 Å². The number of hydrogen-bond donors (Lipinski definition) is 0. The molecule has 0 amide bonds. The van der Waals surface area contributed by atoms with Gasteiger partial charge in [0.15, 0.2) is 6.10 Å². The summed E-state index contributed by atoms with van der Waals surface area (Å²) in [6, 6.07) is 14.4. The number of nitriles is 1. The zero-order valence-corrected chi connectivity index (χ0v) is 13.0. The maximum atomic E-state index is 8.68. The van der Waals surface area contributed by atoms with Gasteiger partial charge in [0.1, 0.15) is 23.3 Å². The van der Waals surface area contributed by atoms with E-state index in [-0.39, 0.29) is 0 Å². The lowest BCUT2D eigenvalue weighted by molar-refractivity contribution is 0.276. The Morgan fingerprint density at radius 3 is 2.40 bits per heavy atom. The summed E-state index contributed by atoms with van der Waals surface area (Å²) in [5, 5.41) is 9.21. The Balaban J connectivity index is 2.09. The van der Waals surface area contributed by atoms with Gasteiger partial charge in [-0.15, -0.1) is 0 Å². The lowest BCUT2D eigenvalue weighted by Crippen LogP contribution is -2.07. The molecule has 2 aromatic rings. The molecule has 0 bridgehead atoms. The van der Waals surface area contributed by atoms with Crippen molar-refractivity contribution in [2.75, 3.05) is 0 Å². The molecule has 0 aromatic heterocycles. The molecule has 0 fully saturated rings. The molecule has 0 saturated carbocycles. The summed E-state index contributed by atoms with van der Waals surface area (Å²) in [7, 11) is 0. The van der Waals surface area contributed by atoms with Gasteiger partial charge in [0.25, 0.3) is 0 Å². The quantitative estimate of drug-likeness (QED) is 0.761. The van der Waals surface area contributed by atoms with Crippen molar-refractivity contribution in [1.29, 1.82) is 5.26 Å². The van der Waals surface area contributed by atoms with Crippen molar-refractivity contribution in [3.63, 3.8) is 0 Å². The largest absolute Gasteiger partial charge is 0.476 e. The molecule has 0 spiro atoms. The second-order valence-electron chi connectivity index (χ2n) is 4.04. The zero-order valence-electron chi connectivity index (χ0n) is 10.6. The van der Waals surface area contributed by atoms with E-state index in [4.69, 9.17) is 26.3 Å². The maximum absolute atomic E-state index is 8.68. The van der Waals surface area contributed by atoms with Crippen LogP contribution in [0.25, 0.3) is 0 Å². The van der Waals surface area contributed by atoms with Crippen LogP contribution in [-0.2, 0) is 0 Å². The van der Waals surface area contributed by atoms with E-state index < -0.39 is 6.10 Å². The summed E-state index contributed by atoms with van der Waals surface area (Å²) in [4.78, 5) is 0. The molecule has 0 radical (unpaired) electrons. The molecule has 1 unspecified atom stereocenters. The van der Waals surface area contributed by atoms with Crippen LogP contribution in [0.5, 0.6) is 17.2 Å². The van der Waals surface area contributed by atoms with Crippen molar-refractivity contribution in [1.82, 2.24) is 0 Å². The molecule has 3 nitrogen and oxygen atoms in total. The predicted molar refractivity (Wildman–Crippen MR) is 81.4 cm³/mol. The first kappa shape index (κ1) is 14.7. The Bertz CT molecular complexity index is 637. The second-order valence-corrected chi connectivity index (χ2v) is 5.36. The fraction of sp³-hybridized carbons (Fsp3) is 0.133. The predicted octanol–water partition coefficient (Wildman–Crippen LogP) is 5.19. The first-order valence-electron chi connectivity index (χ1n) is 5.88. The minimum Gasteiger partial charge on any atom is -0.476 e. The highest BCUT2D eigenvalue weighted by Crippen LogP contribution is 2.32. The average Bonchev–Trinajstić information content (AvgIpc) is 2.44. The third-order valence-corrected chi connectivity index (χ3v) is 3.23. The number of benzene rings is 2. The van der Waals surface area contributed by atoms with Crippen molar-refractivity contribution in [3.05, 3.63) is 52.0 Å². The SMILES string of the molecule is CC(C#N)Oc1ccc(Oc2ccc(Br)cc2Cl)cc1. The Morgan fingerprint density at radius 2 is 1.80 bits per heavy atom. The highest BCUT2D eigenvalue weighted by molar-refractivity contribution is 9.10. The van der Waals surface area contributed by atoms with Gasteiger partial charge in [-0.25, -0.2) is 0 Å². The van der Waals surface area contributed by atoms with Crippen LogP contribution in [0.1, 0.15) is 6.92 Å². The van der Waals surface area contributed by atoms with Gasteiger partial charge in [0.2, 0.25) is 0 Å². The molecule has 0 aliphatic heterocycles. The fourth-order valence-electron chi connectivity index (χ4n) is 1.50. The molecule has 20 heavy (non-hydrogen) atoms. The van der Waals surface area contributed by atoms with Gasteiger partial charge in [-0.05, 0) is 49.4 Å². The van der Waals surface area contributed by atoms with Gasteiger partial charge >= 0.3 is 0 Å². The monoisotopic (exact) mass is 351 g/mol. The van der Waals surface area contributed by atoms with E-state index in [1.165, 1.54) is 0 Å². The molecule has 0 aliphatic rings. The number of halogens is 2. The minimum atomic E-state index is -0.484. The molecule has 5 heteroatoms. The van der Waals surface area contributed by atoms with Gasteiger partial charge in [0, 0.05) is 4.47 Å². The maximum Gasteiger partial charge on any atom is 0.181 e. The van der Waals surface area contributed by atoms with Crippen LogP contribution in [0, 0.1) is 11.3 Å². The van der Waals surface area contributed by atoms with Crippen LogP contribution in [0.4, 0.5) is 0 Å². The topological polar surface area (TPSA) is 42.2 Å². The third-order valence-electron chi connectivity index (χ3n) is 2.44. The van der Waals surface area contributed by atoms with E-state index in [9.17, 15) is 0 Å². The highest BCUT2D eigenvalue weighted by atomic mass is 79.9. The normalized spacial score (nSPS) is 11.5. The van der Waals surface area contributed by atoms with Crippen molar-refractivity contribution in [2.45, 2.75) is 13.0 Å². The molecule has 2 aromatic carbocycles. The summed E-state index contributed by atoms with van der Waals surface area (Å²) >= 11 is 9.42. The van der Waals surface area contributed by atoms with E-state index in [0.29, 0.717) is 22.3 Å². The molecule has 0 aliphatic carbocycles. The zero-order chi connectivity index (χ0) is 14.5. The van der Waals surface area contributed by atoms with Gasteiger partial charge < -0.3 is 9.47 Å². The van der Waals surface area contributed by atoms with Crippen molar-refractivity contribution < 1.29 is 9.47 Å². The number of rotatable bonds is 4. The summed E-state index contributed by atoms with van der Waals surface area (Å²) in [6.07, 6.45) is -0.484. The van der Waals surface area contributed by atoms with Crippen LogP contribution >= 0.6 is 27.5 Å². The average molecular weight is 353 g/mol. The summed E-state index contributed by atoms with van der Waals surface area (Å²) in [5.74, 6) is 1.84. The van der Waals surface area contributed by atoms with Crippen LogP contribution in [-0.4, -0.2) is 6.10 Å². The molecular formula is C15H11BrClNO2. The molecule has 1 atom stereocenters. The van der Waals surface area contributed by atoms with Crippen LogP contribution < -0.4 is 9.47 Å². The molecular weight excluding hydrogens is 342 g/mol. The number of hydrogen-bond acceptors (Lipinski definition) is 3. The first-order chi connectivity index (χ1) is 9.58. The van der Waals surface area contributed by atoms with Gasteiger partial charge in [-0.3, -0.25) is 0 Å². The molecule has 0 N–H and O–H groups in total. The molecule has 102 valence electrons. The fourth-order valence-corrected chi connectivity index (χ4v) is 2.21. The van der Waals surface area contributed by atoms with Gasteiger partial charge in [-0.1, -0.05) is 27.5 Å². The molecule has 0 heterocycles. The standard InChI is InChI=1S/C15H11BrClNO2/c1-10(9-18)19-12-3-5-13(6-4-12)20-15-7-2-11(16)8-14(15)17/h2-8,10H,1H3. The summed E-state index contributed by atoms with van der Waals surface area (Å²) in [6.45, 7) is 1.69. The first-order valence-corrected chi connectivity index (χ1v) is 7.05. The lowest BCUT2D eigenvalue weighted by Gasteiger charge is -2.10. The Hall–Kier alpha value is -1.70. The van der Waals surface area contributed by atoms with E-state index in [1.54, 1.807) is 43.3 Å². The Labute approximate surface area is 130 Å². The minimum absolute atomic E-state index is 0.484. The Morgan fingerprint density at radius 1 is 1.15 bits per heavy atom. The lowest BCUT2D eigenvalue weighted by atomic mass is 10.3. The van der Waals surface area contributed by atoms with E-state index in [1.807, 2.05) is 12.1 Å². The number of ether oxygens (including phenoxy) is 2. The smallest absolute Gasteiger partial charge is 0.181 e. The van der Waals surface area contributed by atoms with Crippen molar-refractivity contribution >= 4 is 27.5 Å². The van der Waals surface area contributed by atoms with E-state index in [0.717, 1.165) is 4.47 Å². The van der Waals surface area contributed by atoms with Crippen LogP contribution in [0.15, 0.2) is 46.9 Å². The van der Waals surface area contributed by atoms with Crippen molar-refractivity contribution in [3.8, 4) is 23.3 Å². The van der Waals surface area contributed by atoms with Gasteiger partial charge in [0.05, 0.1) is 5.02 Å². The highest BCUT2D eigenvalue weighted by Gasteiger charge is 2.05. The molecule has 0 saturated heterocycles. The third kappa shape index (κ3) is 3.89. The summed E-state index contributed by atoms with van der Waals surface area (Å²) < 4.78 is 11.9. The number of nitrogens with zero attached hydrogens (tertiary/aromatic N) is 1. The van der Waals surface area contributed by atoms with Crippen molar-refractivity contribution in [2.24, 2.45) is 0 Å². The van der Waals surface area contributed by atoms with E-state index >= 15 is 0 Å². The van der Waals surface area contributed by atoms with Crippen LogP contribution in [0.2, 0.25) is 5.02 Å². The second kappa shape index (κ2) is 6.65. The summed E-state index contributed by atoms with van der Waals surface area (Å²) in [5.41, 5.74) is 0.